The zero-order valence-electron chi connectivity index (χ0n) is 12.0. The van der Waals surface area contributed by atoms with Crippen LogP contribution in [0.4, 0.5) is 0 Å². The molecule has 108 valence electrons. The molecule has 0 spiro atoms. The molecule has 3 aromatic rings. The fraction of sp³-hybridized carbons (Fsp3) is 0.235. The Morgan fingerprint density at radius 2 is 1.95 bits per heavy atom. The van der Waals surface area contributed by atoms with Crippen LogP contribution in [0.5, 0.6) is 5.75 Å². The molecule has 2 heterocycles. The van der Waals surface area contributed by atoms with Crippen molar-refractivity contribution in [2.45, 2.75) is 12.7 Å². The van der Waals surface area contributed by atoms with Gasteiger partial charge in [-0.25, -0.2) is 4.98 Å². The van der Waals surface area contributed by atoms with Crippen LogP contribution in [0.1, 0.15) is 11.4 Å². The molecular formula is C17H18N2OS. The summed E-state index contributed by atoms with van der Waals surface area (Å²) in [6.07, 6.45) is 2.12. The number of nitrogens with zero attached hydrogens (tertiary/aromatic N) is 2. The van der Waals surface area contributed by atoms with Crippen molar-refractivity contribution in [3.05, 3.63) is 66.1 Å². The second-order valence-electron chi connectivity index (χ2n) is 4.84. The van der Waals surface area contributed by atoms with Crippen LogP contribution in [0, 0.1) is 6.92 Å². The highest BCUT2D eigenvalue weighted by Crippen LogP contribution is 2.15. The lowest BCUT2D eigenvalue weighted by atomic mass is 10.3. The van der Waals surface area contributed by atoms with Gasteiger partial charge in [0.1, 0.15) is 11.4 Å². The van der Waals surface area contributed by atoms with E-state index in [-0.39, 0.29) is 0 Å². The summed E-state index contributed by atoms with van der Waals surface area (Å²) >= 11 is 1.85. The molecule has 21 heavy (non-hydrogen) atoms. The summed E-state index contributed by atoms with van der Waals surface area (Å²) in [6.45, 7) is 2.82. The van der Waals surface area contributed by atoms with Crippen molar-refractivity contribution in [3.8, 4) is 5.75 Å². The fourth-order valence-electron chi connectivity index (χ4n) is 2.18. The van der Waals surface area contributed by atoms with Crippen LogP contribution >= 0.6 is 11.8 Å². The van der Waals surface area contributed by atoms with E-state index in [0.29, 0.717) is 0 Å². The van der Waals surface area contributed by atoms with Gasteiger partial charge in [0.25, 0.3) is 0 Å². The highest BCUT2D eigenvalue weighted by atomic mass is 32.2. The lowest BCUT2D eigenvalue weighted by Crippen LogP contribution is -2.00. The smallest absolute Gasteiger partial charge is 0.137 e. The van der Waals surface area contributed by atoms with Gasteiger partial charge in [0.15, 0.2) is 0 Å². The molecule has 0 saturated carbocycles. The number of para-hydroxylation sites is 1. The SMILES string of the molecule is Cc1cccc2nc(CSCCOc3ccccc3)cn12. The maximum absolute atomic E-state index is 5.68. The first-order chi connectivity index (χ1) is 10.3. The summed E-state index contributed by atoms with van der Waals surface area (Å²) < 4.78 is 7.81. The van der Waals surface area contributed by atoms with Crippen molar-refractivity contribution in [1.29, 1.82) is 0 Å². The summed E-state index contributed by atoms with van der Waals surface area (Å²) in [7, 11) is 0. The van der Waals surface area contributed by atoms with Gasteiger partial charge in [-0.3, -0.25) is 0 Å². The van der Waals surface area contributed by atoms with E-state index < -0.39 is 0 Å². The van der Waals surface area contributed by atoms with Gasteiger partial charge < -0.3 is 9.14 Å². The maximum atomic E-state index is 5.68. The van der Waals surface area contributed by atoms with Gasteiger partial charge in [-0.2, -0.15) is 11.8 Å². The standard InChI is InChI=1S/C17H18N2OS/c1-14-6-5-9-17-18-15(12-19(14)17)13-21-11-10-20-16-7-3-2-4-8-16/h2-9,12H,10-11,13H2,1H3. The molecule has 0 aliphatic heterocycles. The van der Waals surface area contributed by atoms with Crippen LogP contribution in [0.2, 0.25) is 0 Å². The minimum absolute atomic E-state index is 0.723. The number of benzene rings is 1. The van der Waals surface area contributed by atoms with Crippen LogP contribution in [0.3, 0.4) is 0 Å². The van der Waals surface area contributed by atoms with Crippen molar-refractivity contribution >= 4 is 17.4 Å². The highest BCUT2D eigenvalue weighted by molar-refractivity contribution is 7.98. The third kappa shape index (κ3) is 3.58. The van der Waals surface area contributed by atoms with Gasteiger partial charge in [0, 0.05) is 23.4 Å². The van der Waals surface area contributed by atoms with Gasteiger partial charge in [-0.05, 0) is 31.2 Å². The average Bonchev–Trinajstić information content (AvgIpc) is 2.92. The molecule has 0 fully saturated rings. The van der Waals surface area contributed by atoms with Crippen molar-refractivity contribution < 1.29 is 4.74 Å². The van der Waals surface area contributed by atoms with Crippen molar-refractivity contribution in [2.24, 2.45) is 0 Å². The summed E-state index contributed by atoms with van der Waals surface area (Å²) in [5.41, 5.74) is 3.35. The number of ether oxygens (including phenoxy) is 1. The van der Waals surface area contributed by atoms with Crippen molar-refractivity contribution in [2.75, 3.05) is 12.4 Å². The van der Waals surface area contributed by atoms with E-state index in [0.717, 1.165) is 35.2 Å². The van der Waals surface area contributed by atoms with Crippen molar-refractivity contribution in [1.82, 2.24) is 9.38 Å². The Labute approximate surface area is 129 Å². The van der Waals surface area contributed by atoms with Crippen LogP contribution in [0.25, 0.3) is 5.65 Å². The number of hydrogen-bond donors (Lipinski definition) is 0. The fourth-order valence-corrected chi connectivity index (χ4v) is 2.87. The molecule has 4 heteroatoms. The largest absolute Gasteiger partial charge is 0.493 e. The molecule has 0 aliphatic rings. The first kappa shape index (κ1) is 14.0. The van der Waals surface area contributed by atoms with E-state index in [1.807, 2.05) is 54.2 Å². The molecular weight excluding hydrogens is 280 g/mol. The number of aryl methyl sites for hydroxylation is 1. The summed E-state index contributed by atoms with van der Waals surface area (Å²) in [5.74, 6) is 2.81. The Bertz CT molecular complexity index is 709. The van der Waals surface area contributed by atoms with E-state index in [9.17, 15) is 0 Å². The van der Waals surface area contributed by atoms with Gasteiger partial charge in [0.2, 0.25) is 0 Å². The van der Waals surface area contributed by atoms with E-state index in [1.165, 1.54) is 5.69 Å². The summed E-state index contributed by atoms with van der Waals surface area (Å²) in [4.78, 5) is 4.63. The number of fused-ring (bicyclic) bond motifs is 1. The van der Waals surface area contributed by atoms with Gasteiger partial charge >= 0.3 is 0 Å². The van der Waals surface area contributed by atoms with E-state index in [2.05, 4.69) is 28.6 Å². The molecule has 0 N–H and O–H groups in total. The molecule has 3 rings (SSSR count). The van der Waals surface area contributed by atoms with Gasteiger partial charge in [0.05, 0.1) is 12.3 Å². The van der Waals surface area contributed by atoms with Crippen LogP contribution in [-0.4, -0.2) is 21.7 Å². The molecule has 3 nitrogen and oxygen atoms in total. The molecule has 0 aliphatic carbocycles. The zero-order valence-corrected chi connectivity index (χ0v) is 12.8. The third-order valence-corrected chi connectivity index (χ3v) is 4.19. The Balaban J connectivity index is 1.47. The Hall–Kier alpha value is -1.94. The van der Waals surface area contributed by atoms with Gasteiger partial charge in [-0.1, -0.05) is 24.3 Å². The summed E-state index contributed by atoms with van der Waals surface area (Å²) in [5, 5.41) is 0. The Morgan fingerprint density at radius 3 is 2.76 bits per heavy atom. The minimum Gasteiger partial charge on any atom is -0.493 e. The number of thioether (sulfide) groups is 1. The minimum atomic E-state index is 0.723. The topological polar surface area (TPSA) is 26.5 Å². The monoisotopic (exact) mass is 298 g/mol. The predicted molar refractivity (Wildman–Crippen MR) is 88.0 cm³/mol. The Kier molecular flexibility index (Phi) is 4.46. The molecule has 0 bridgehead atoms. The number of imidazole rings is 1. The maximum Gasteiger partial charge on any atom is 0.137 e. The van der Waals surface area contributed by atoms with Crippen molar-refractivity contribution in [3.63, 3.8) is 0 Å². The van der Waals surface area contributed by atoms with Crippen LogP contribution in [0.15, 0.2) is 54.7 Å². The predicted octanol–water partition coefficient (Wildman–Crippen LogP) is 3.95. The molecule has 0 atom stereocenters. The third-order valence-electron chi connectivity index (χ3n) is 3.24. The van der Waals surface area contributed by atoms with E-state index in [1.54, 1.807) is 0 Å². The van der Waals surface area contributed by atoms with Gasteiger partial charge in [-0.15, -0.1) is 0 Å². The highest BCUT2D eigenvalue weighted by Gasteiger charge is 2.03. The molecule has 1 aromatic carbocycles. The zero-order chi connectivity index (χ0) is 14.5. The molecule has 0 unspecified atom stereocenters. The molecule has 0 amide bonds. The number of hydrogen-bond acceptors (Lipinski definition) is 3. The molecule has 0 saturated heterocycles. The first-order valence-electron chi connectivity index (χ1n) is 7.02. The Morgan fingerprint density at radius 1 is 1.10 bits per heavy atom. The quantitative estimate of drug-likeness (QED) is 0.645. The van der Waals surface area contributed by atoms with Crippen LogP contribution in [-0.2, 0) is 5.75 Å². The lowest BCUT2D eigenvalue weighted by Gasteiger charge is -2.04. The molecule has 2 aromatic heterocycles. The number of pyridine rings is 1. The van der Waals surface area contributed by atoms with Crippen LogP contribution < -0.4 is 4.74 Å². The molecule has 0 radical (unpaired) electrons. The second kappa shape index (κ2) is 6.68. The lowest BCUT2D eigenvalue weighted by molar-refractivity contribution is 0.344. The number of aromatic nitrogens is 2. The van der Waals surface area contributed by atoms with E-state index in [4.69, 9.17) is 4.74 Å². The first-order valence-corrected chi connectivity index (χ1v) is 8.17. The summed E-state index contributed by atoms with van der Waals surface area (Å²) in [6, 6.07) is 16.1. The second-order valence-corrected chi connectivity index (χ2v) is 5.95. The van der Waals surface area contributed by atoms with E-state index >= 15 is 0 Å². The average molecular weight is 298 g/mol. The normalized spacial score (nSPS) is 10.9. The number of rotatable bonds is 6.